The molecule has 0 atom stereocenters. The maximum Gasteiger partial charge on any atom is 0.281 e. The topological polar surface area (TPSA) is 133 Å². The van der Waals surface area contributed by atoms with E-state index >= 15 is 0 Å². The van der Waals surface area contributed by atoms with Crippen LogP contribution in [0.2, 0.25) is 0 Å². The number of nitrogens with one attached hydrogen (secondary N) is 2. The number of carbonyl (C=O) groups excluding carboxylic acids is 1. The zero-order valence-electron chi connectivity index (χ0n) is 21.1. The van der Waals surface area contributed by atoms with Crippen LogP contribution in [0.15, 0.2) is 72.8 Å². The lowest BCUT2D eigenvalue weighted by Gasteiger charge is -2.08. The first kappa shape index (κ1) is 26.1. The molecule has 0 aliphatic rings. The third-order valence-corrected chi connectivity index (χ3v) is 5.49. The first-order valence-electron chi connectivity index (χ1n) is 12.1. The van der Waals surface area contributed by atoms with E-state index in [0.717, 1.165) is 27.3 Å². The van der Waals surface area contributed by atoms with Crippen molar-refractivity contribution in [3.05, 3.63) is 99.6 Å². The summed E-state index contributed by atoms with van der Waals surface area (Å²) in [5, 5.41) is 21.7. The summed E-state index contributed by atoms with van der Waals surface area (Å²) in [6.45, 7) is 5.84. The molecule has 38 heavy (non-hydrogen) atoms. The molecule has 0 unspecified atom stereocenters. The number of nitrogens with zero attached hydrogens (tertiary/aromatic N) is 4. The van der Waals surface area contributed by atoms with Gasteiger partial charge in [0.15, 0.2) is 0 Å². The number of anilines is 2. The van der Waals surface area contributed by atoms with Gasteiger partial charge in [0, 0.05) is 30.8 Å². The summed E-state index contributed by atoms with van der Waals surface area (Å²) in [5.74, 6) is 1.57. The standard InChI is InChI=1S/C27H28N6O5/c1-3-37-23-13-5-19(6-14-23)17-28-26-30-27(29-18-20-7-15-24(16-8-20)38-4-2)32(31-26)25(34)21-9-11-22(12-10-21)33(35)36/h5-16H,3-4,17-18H2,1-2H3,(H2,28,29,30,31). The van der Waals surface area contributed by atoms with Crippen molar-refractivity contribution >= 4 is 23.5 Å². The molecule has 1 heterocycles. The Bertz CT molecular complexity index is 1370. The number of ether oxygens (including phenoxy) is 2. The highest BCUT2D eigenvalue weighted by Crippen LogP contribution is 2.19. The lowest BCUT2D eigenvalue weighted by molar-refractivity contribution is -0.384. The predicted molar refractivity (Wildman–Crippen MR) is 143 cm³/mol. The molecule has 0 saturated carbocycles. The molecule has 0 aliphatic carbocycles. The van der Waals surface area contributed by atoms with Crippen molar-refractivity contribution in [2.75, 3.05) is 23.8 Å². The molecule has 0 aliphatic heterocycles. The number of rotatable bonds is 12. The Balaban J connectivity index is 1.53. The monoisotopic (exact) mass is 516 g/mol. The van der Waals surface area contributed by atoms with Gasteiger partial charge in [0.05, 0.1) is 18.1 Å². The first-order valence-corrected chi connectivity index (χ1v) is 12.1. The molecule has 11 heteroatoms. The molecule has 11 nitrogen and oxygen atoms in total. The first-order chi connectivity index (χ1) is 18.5. The molecule has 0 radical (unpaired) electrons. The Hall–Kier alpha value is -4.93. The average molecular weight is 517 g/mol. The van der Waals surface area contributed by atoms with Gasteiger partial charge < -0.3 is 20.1 Å². The van der Waals surface area contributed by atoms with Gasteiger partial charge in [-0.1, -0.05) is 24.3 Å². The summed E-state index contributed by atoms with van der Waals surface area (Å²) >= 11 is 0. The summed E-state index contributed by atoms with van der Waals surface area (Å²) in [4.78, 5) is 28.2. The van der Waals surface area contributed by atoms with Crippen molar-refractivity contribution in [3.63, 3.8) is 0 Å². The highest BCUT2D eigenvalue weighted by molar-refractivity contribution is 5.97. The van der Waals surface area contributed by atoms with Crippen molar-refractivity contribution in [2.45, 2.75) is 26.9 Å². The number of aromatic nitrogens is 3. The Morgan fingerprint density at radius 2 is 1.37 bits per heavy atom. The molecule has 4 rings (SSSR count). The molecule has 0 amide bonds. The smallest absolute Gasteiger partial charge is 0.281 e. The second-order valence-electron chi connectivity index (χ2n) is 8.14. The molecule has 4 aromatic rings. The maximum atomic E-state index is 13.3. The molecule has 0 saturated heterocycles. The zero-order chi connectivity index (χ0) is 26.9. The lowest BCUT2D eigenvalue weighted by atomic mass is 10.2. The van der Waals surface area contributed by atoms with Gasteiger partial charge in [-0.15, -0.1) is 5.10 Å². The molecule has 1 aromatic heterocycles. The van der Waals surface area contributed by atoms with Gasteiger partial charge in [0.2, 0.25) is 11.9 Å². The van der Waals surface area contributed by atoms with Crippen LogP contribution in [0, 0.1) is 10.1 Å². The highest BCUT2D eigenvalue weighted by atomic mass is 16.6. The van der Waals surface area contributed by atoms with Crippen LogP contribution in [0.25, 0.3) is 0 Å². The predicted octanol–water partition coefficient (Wildman–Crippen LogP) is 4.90. The fourth-order valence-corrected chi connectivity index (χ4v) is 3.59. The van der Waals surface area contributed by atoms with Gasteiger partial charge in [-0.2, -0.15) is 9.67 Å². The van der Waals surface area contributed by atoms with Crippen molar-refractivity contribution in [1.82, 2.24) is 14.8 Å². The van der Waals surface area contributed by atoms with Crippen molar-refractivity contribution in [3.8, 4) is 11.5 Å². The van der Waals surface area contributed by atoms with Crippen molar-refractivity contribution in [1.29, 1.82) is 0 Å². The van der Waals surface area contributed by atoms with E-state index in [-0.39, 0.29) is 23.1 Å². The second kappa shape index (κ2) is 12.3. The number of nitro groups is 1. The minimum atomic E-state index is -0.517. The lowest BCUT2D eigenvalue weighted by Crippen LogP contribution is -2.17. The fraction of sp³-hybridized carbons (Fsp3) is 0.222. The summed E-state index contributed by atoms with van der Waals surface area (Å²) in [6.07, 6.45) is 0. The largest absolute Gasteiger partial charge is 0.494 e. The van der Waals surface area contributed by atoms with Crippen LogP contribution in [0.3, 0.4) is 0 Å². The normalized spacial score (nSPS) is 10.6. The van der Waals surface area contributed by atoms with Gasteiger partial charge in [0.25, 0.3) is 11.6 Å². The third kappa shape index (κ3) is 6.64. The molecule has 0 fully saturated rings. The van der Waals surface area contributed by atoms with E-state index in [1.807, 2.05) is 62.4 Å². The van der Waals surface area contributed by atoms with Gasteiger partial charge in [-0.3, -0.25) is 14.9 Å². The minimum absolute atomic E-state index is 0.105. The Morgan fingerprint density at radius 3 is 1.87 bits per heavy atom. The highest BCUT2D eigenvalue weighted by Gasteiger charge is 2.19. The van der Waals surface area contributed by atoms with E-state index < -0.39 is 10.8 Å². The van der Waals surface area contributed by atoms with Crippen LogP contribution >= 0.6 is 0 Å². The molecule has 196 valence electrons. The molecular formula is C27H28N6O5. The van der Waals surface area contributed by atoms with E-state index in [9.17, 15) is 14.9 Å². The second-order valence-corrected chi connectivity index (χ2v) is 8.14. The summed E-state index contributed by atoms with van der Waals surface area (Å²) in [6, 6.07) is 20.6. The maximum absolute atomic E-state index is 13.3. The van der Waals surface area contributed by atoms with E-state index in [0.29, 0.717) is 26.3 Å². The number of carbonyl (C=O) groups is 1. The molecule has 0 bridgehead atoms. The number of hydrogen-bond donors (Lipinski definition) is 2. The molecule has 3 aromatic carbocycles. The minimum Gasteiger partial charge on any atom is -0.494 e. The van der Waals surface area contributed by atoms with Crippen LogP contribution in [0.1, 0.15) is 35.3 Å². The number of nitro benzene ring substituents is 1. The van der Waals surface area contributed by atoms with Crippen LogP contribution in [0.5, 0.6) is 11.5 Å². The Labute approximate surface area is 219 Å². The van der Waals surface area contributed by atoms with Gasteiger partial charge in [0.1, 0.15) is 11.5 Å². The van der Waals surface area contributed by atoms with Gasteiger partial charge in [-0.05, 0) is 61.4 Å². The van der Waals surface area contributed by atoms with Crippen molar-refractivity contribution < 1.29 is 19.2 Å². The summed E-state index contributed by atoms with van der Waals surface area (Å²) < 4.78 is 12.1. The Morgan fingerprint density at radius 1 is 0.842 bits per heavy atom. The van der Waals surface area contributed by atoms with Crippen LogP contribution in [-0.2, 0) is 13.1 Å². The van der Waals surface area contributed by atoms with E-state index in [1.54, 1.807) is 0 Å². The fourth-order valence-electron chi connectivity index (χ4n) is 3.59. The van der Waals surface area contributed by atoms with Gasteiger partial charge in [-0.25, -0.2) is 0 Å². The molecule has 0 spiro atoms. The van der Waals surface area contributed by atoms with Crippen LogP contribution in [-0.4, -0.2) is 38.8 Å². The SMILES string of the molecule is CCOc1ccc(CNc2nc(NCc3ccc(OCC)cc3)n(C(=O)c3ccc([N+](=O)[O-])cc3)n2)cc1. The zero-order valence-corrected chi connectivity index (χ0v) is 21.1. The van der Waals surface area contributed by atoms with Crippen LogP contribution in [0.4, 0.5) is 17.6 Å². The van der Waals surface area contributed by atoms with Gasteiger partial charge >= 0.3 is 0 Å². The third-order valence-electron chi connectivity index (χ3n) is 5.49. The number of benzene rings is 3. The average Bonchev–Trinajstić information content (AvgIpc) is 3.35. The van der Waals surface area contributed by atoms with Crippen molar-refractivity contribution in [2.24, 2.45) is 0 Å². The van der Waals surface area contributed by atoms with E-state index in [4.69, 9.17) is 9.47 Å². The molecular weight excluding hydrogens is 488 g/mol. The Kier molecular flexibility index (Phi) is 8.50. The number of non-ortho nitro benzene ring substituents is 1. The number of hydrogen-bond acceptors (Lipinski definition) is 9. The van der Waals surface area contributed by atoms with Crippen LogP contribution < -0.4 is 20.1 Å². The van der Waals surface area contributed by atoms with E-state index in [1.165, 1.54) is 24.3 Å². The summed E-state index contributed by atoms with van der Waals surface area (Å²) in [7, 11) is 0. The quantitative estimate of drug-likeness (QED) is 0.199. The summed E-state index contributed by atoms with van der Waals surface area (Å²) in [5.41, 5.74) is 2.07. The molecule has 2 N–H and O–H groups in total. The van der Waals surface area contributed by atoms with E-state index in [2.05, 4.69) is 20.7 Å².